The lowest BCUT2D eigenvalue weighted by Gasteiger charge is -1.97. The van der Waals surface area contributed by atoms with Gasteiger partial charge in [0.25, 0.3) is 0 Å². The number of nitrogens with two attached hydrogens (primary N) is 2. The van der Waals surface area contributed by atoms with Crippen molar-refractivity contribution in [1.82, 2.24) is 5.32 Å². The number of hydrogen-bond acceptors (Lipinski definition) is 3. The average Bonchev–Trinajstić information content (AvgIpc) is 2.14. The molecular weight excluding hydrogens is 154 g/mol. The minimum atomic E-state index is -0.0770. The molecular formula is C8H21N3O. The van der Waals surface area contributed by atoms with Crippen LogP contribution in [-0.2, 0) is 4.79 Å². The van der Waals surface area contributed by atoms with E-state index >= 15 is 0 Å². The van der Waals surface area contributed by atoms with Gasteiger partial charge in [-0.25, -0.2) is 0 Å². The molecule has 0 aromatic rings. The molecule has 12 heavy (non-hydrogen) atoms. The zero-order chi connectivity index (χ0) is 9.82. The Morgan fingerprint density at radius 3 is 2.00 bits per heavy atom. The fraction of sp³-hybridized carbons (Fsp3) is 0.875. The Kier molecular flexibility index (Phi) is 15.1. The van der Waals surface area contributed by atoms with Crippen molar-refractivity contribution in [3.05, 3.63) is 0 Å². The van der Waals surface area contributed by atoms with Crippen molar-refractivity contribution < 1.29 is 4.79 Å². The van der Waals surface area contributed by atoms with Gasteiger partial charge in [0, 0.05) is 6.54 Å². The van der Waals surface area contributed by atoms with Crippen LogP contribution in [0.2, 0.25) is 0 Å². The second-order valence-corrected chi connectivity index (χ2v) is 2.34. The maximum Gasteiger partial charge on any atom is 0.233 e. The van der Waals surface area contributed by atoms with E-state index in [0.717, 1.165) is 25.9 Å². The summed E-state index contributed by atoms with van der Waals surface area (Å²) in [6.07, 6.45) is 2.06. The number of carbonyl (C=O) groups is 1. The first-order chi connectivity index (χ1) is 5.72. The minimum absolute atomic E-state index is 0.0770. The highest BCUT2D eigenvalue weighted by Crippen LogP contribution is 1.67. The van der Waals surface area contributed by atoms with Crippen LogP contribution in [0.1, 0.15) is 26.7 Å². The SMILES string of the molecule is CCCN.CCCNC(=O)CN. The summed E-state index contributed by atoms with van der Waals surface area (Å²) in [6.45, 7) is 5.70. The molecule has 1 amide bonds. The highest BCUT2D eigenvalue weighted by Gasteiger charge is 1.90. The van der Waals surface area contributed by atoms with Gasteiger partial charge in [-0.2, -0.15) is 0 Å². The molecule has 0 bridgehead atoms. The number of nitrogens with one attached hydrogen (secondary N) is 1. The van der Waals surface area contributed by atoms with Crippen LogP contribution in [0.3, 0.4) is 0 Å². The summed E-state index contributed by atoms with van der Waals surface area (Å²) in [7, 11) is 0. The summed E-state index contributed by atoms with van der Waals surface area (Å²) in [5.41, 5.74) is 10.0. The van der Waals surface area contributed by atoms with Gasteiger partial charge in [-0.15, -0.1) is 0 Å². The third-order valence-corrected chi connectivity index (χ3v) is 1.05. The van der Waals surface area contributed by atoms with Gasteiger partial charge in [0.1, 0.15) is 0 Å². The zero-order valence-corrected chi connectivity index (χ0v) is 8.10. The normalized spacial score (nSPS) is 8.33. The topological polar surface area (TPSA) is 81.1 Å². The van der Waals surface area contributed by atoms with E-state index in [9.17, 15) is 4.79 Å². The minimum Gasteiger partial charge on any atom is -0.355 e. The molecule has 0 aromatic heterocycles. The highest BCUT2D eigenvalue weighted by atomic mass is 16.1. The van der Waals surface area contributed by atoms with Crippen LogP contribution in [0.15, 0.2) is 0 Å². The van der Waals surface area contributed by atoms with E-state index in [2.05, 4.69) is 12.2 Å². The van der Waals surface area contributed by atoms with E-state index in [0.29, 0.717) is 0 Å². The van der Waals surface area contributed by atoms with Crippen molar-refractivity contribution in [2.24, 2.45) is 11.5 Å². The maximum absolute atomic E-state index is 10.3. The van der Waals surface area contributed by atoms with Crippen molar-refractivity contribution in [1.29, 1.82) is 0 Å². The van der Waals surface area contributed by atoms with E-state index in [1.165, 1.54) is 0 Å². The lowest BCUT2D eigenvalue weighted by molar-refractivity contribution is -0.119. The molecule has 0 spiro atoms. The molecule has 0 atom stereocenters. The standard InChI is InChI=1S/C5H12N2O.C3H9N/c1-2-3-7-5(8)4-6;1-2-3-4/h2-4,6H2,1H3,(H,7,8);2-4H2,1H3. The molecule has 0 aliphatic heterocycles. The van der Waals surface area contributed by atoms with Gasteiger partial charge in [-0.3, -0.25) is 4.79 Å². The fourth-order valence-corrected chi connectivity index (χ4v) is 0.337. The Morgan fingerprint density at radius 2 is 1.75 bits per heavy atom. The van der Waals surface area contributed by atoms with E-state index < -0.39 is 0 Å². The van der Waals surface area contributed by atoms with Gasteiger partial charge in [0.15, 0.2) is 0 Å². The fourth-order valence-electron chi connectivity index (χ4n) is 0.337. The quantitative estimate of drug-likeness (QED) is 0.554. The molecule has 4 nitrogen and oxygen atoms in total. The summed E-state index contributed by atoms with van der Waals surface area (Å²) >= 11 is 0. The third-order valence-electron chi connectivity index (χ3n) is 1.05. The van der Waals surface area contributed by atoms with Crippen LogP contribution in [-0.4, -0.2) is 25.5 Å². The van der Waals surface area contributed by atoms with Crippen LogP contribution in [0.5, 0.6) is 0 Å². The molecule has 5 N–H and O–H groups in total. The van der Waals surface area contributed by atoms with Crippen molar-refractivity contribution in [2.75, 3.05) is 19.6 Å². The Hall–Kier alpha value is -0.610. The van der Waals surface area contributed by atoms with Gasteiger partial charge >= 0.3 is 0 Å². The number of hydrogen-bond donors (Lipinski definition) is 3. The van der Waals surface area contributed by atoms with Crippen LogP contribution in [0.25, 0.3) is 0 Å². The smallest absolute Gasteiger partial charge is 0.233 e. The zero-order valence-electron chi connectivity index (χ0n) is 8.10. The van der Waals surface area contributed by atoms with Gasteiger partial charge in [0.2, 0.25) is 5.91 Å². The number of amides is 1. The summed E-state index contributed by atoms with van der Waals surface area (Å²) in [6, 6.07) is 0. The number of rotatable bonds is 4. The number of carbonyl (C=O) groups excluding carboxylic acids is 1. The van der Waals surface area contributed by atoms with E-state index in [4.69, 9.17) is 11.5 Å². The van der Waals surface area contributed by atoms with Crippen LogP contribution in [0, 0.1) is 0 Å². The van der Waals surface area contributed by atoms with Gasteiger partial charge in [-0.05, 0) is 19.4 Å². The molecule has 0 aromatic carbocycles. The summed E-state index contributed by atoms with van der Waals surface area (Å²) in [5, 5.41) is 2.62. The monoisotopic (exact) mass is 175 g/mol. The highest BCUT2D eigenvalue weighted by molar-refractivity contribution is 5.77. The van der Waals surface area contributed by atoms with Crippen LogP contribution < -0.4 is 16.8 Å². The summed E-state index contributed by atoms with van der Waals surface area (Å²) < 4.78 is 0. The maximum atomic E-state index is 10.3. The Labute approximate surface area is 74.7 Å². The molecule has 0 heterocycles. The first kappa shape index (κ1) is 13.9. The van der Waals surface area contributed by atoms with Crippen LogP contribution >= 0.6 is 0 Å². The van der Waals surface area contributed by atoms with Gasteiger partial charge in [0.05, 0.1) is 6.54 Å². The van der Waals surface area contributed by atoms with E-state index in [1.807, 2.05) is 6.92 Å². The van der Waals surface area contributed by atoms with Crippen LogP contribution in [0.4, 0.5) is 0 Å². The predicted octanol–water partition coefficient (Wildman–Crippen LogP) is -0.174. The first-order valence-corrected chi connectivity index (χ1v) is 4.39. The lowest BCUT2D eigenvalue weighted by atomic mass is 10.5. The second-order valence-electron chi connectivity index (χ2n) is 2.34. The largest absolute Gasteiger partial charge is 0.355 e. The van der Waals surface area contributed by atoms with E-state index in [1.54, 1.807) is 0 Å². The van der Waals surface area contributed by atoms with Crippen molar-refractivity contribution >= 4 is 5.91 Å². The molecule has 0 saturated heterocycles. The van der Waals surface area contributed by atoms with E-state index in [-0.39, 0.29) is 12.5 Å². The van der Waals surface area contributed by atoms with Crippen molar-refractivity contribution in [2.45, 2.75) is 26.7 Å². The molecule has 74 valence electrons. The second kappa shape index (κ2) is 13.0. The lowest BCUT2D eigenvalue weighted by Crippen LogP contribution is -2.30. The summed E-state index contributed by atoms with van der Waals surface area (Å²) in [4.78, 5) is 10.3. The molecule has 4 heteroatoms. The van der Waals surface area contributed by atoms with Gasteiger partial charge < -0.3 is 16.8 Å². The van der Waals surface area contributed by atoms with Gasteiger partial charge in [-0.1, -0.05) is 13.8 Å². The predicted molar refractivity (Wildman–Crippen MR) is 51.7 cm³/mol. The van der Waals surface area contributed by atoms with Crippen molar-refractivity contribution in [3.63, 3.8) is 0 Å². The Morgan fingerprint density at radius 1 is 1.25 bits per heavy atom. The molecule has 0 fully saturated rings. The molecule has 0 aliphatic rings. The Balaban J connectivity index is 0. The average molecular weight is 175 g/mol. The molecule has 0 radical (unpaired) electrons. The molecule has 0 saturated carbocycles. The molecule has 0 aliphatic carbocycles. The Bertz CT molecular complexity index is 94.3. The molecule has 0 rings (SSSR count). The summed E-state index contributed by atoms with van der Waals surface area (Å²) in [5.74, 6) is -0.0770. The third kappa shape index (κ3) is 16.2. The molecule has 0 unspecified atom stereocenters. The first-order valence-electron chi connectivity index (χ1n) is 4.39. The van der Waals surface area contributed by atoms with Crippen molar-refractivity contribution in [3.8, 4) is 0 Å².